The van der Waals surface area contributed by atoms with Crippen LogP contribution in [-0.2, 0) is 0 Å². The Bertz CT molecular complexity index is 2740. The molecule has 52 heavy (non-hydrogen) atoms. The predicted octanol–water partition coefficient (Wildman–Crippen LogP) is 11.3. The van der Waals surface area contributed by atoms with E-state index in [1.165, 1.54) is 6.07 Å². The van der Waals surface area contributed by atoms with E-state index in [-0.39, 0.29) is 5.82 Å². The number of fused-ring (bicyclic) bond motifs is 3. The molecule has 9 rings (SSSR count). The van der Waals surface area contributed by atoms with Gasteiger partial charge in [0.25, 0.3) is 0 Å². The highest BCUT2D eigenvalue weighted by Crippen LogP contribution is 2.40. The largest absolute Gasteiger partial charge is 0.309 e. The molecule has 244 valence electrons. The van der Waals surface area contributed by atoms with Gasteiger partial charge in [0.1, 0.15) is 5.82 Å². The van der Waals surface area contributed by atoms with Crippen molar-refractivity contribution >= 4 is 21.8 Å². The molecule has 6 heteroatoms. The summed E-state index contributed by atoms with van der Waals surface area (Å²) >= 11 is 0. The van der Waals surface area contributed by atoms with Crippen LogP contribution in [0.15, 0.2) is 170 Å². The molecule has 0 N–H and O–H groups in total. The smallest absolute Gasteiger partial charge is 0.164 e. The molecule has 0 saturated heterocycles. The molecular weight excluding hydrogens is 642 g/mol. The summed E-state index contributed by atoms with van der Waals surface area (Å²) in [7, 11) is 0. The summed E-state index contributed by atoms with van der Waals surface area (Å²) in [6.07, 6.45) is 0. The Labute approximate surface area is 299 Å². The highest BCUT2D eigenvalue weighted by molar-refractivity contribution is 6.11. The molecule has 0 atom stereocenters. The summed E-state index contributed by atoms with van der Waals surface area (Å²) in [5, 5.41) is 11.4. The zero-order valence-corrected chi connectivity index (χ0v) is 27.8. The van der Waals surface area contributed by atoms with Gasteiger partial charge in [-0.25, -0.2) is 19.3 Å². The molecule has 0 fully saturated rings. The van der Waals surface area contributed by atoms with Gasteiger partial charge >= 0.3 is 0 Å². The molecule has 0 unspecified atom stereocenters. The lowest BCUT2D eigenvalue weighted by Crippen LogP contribution is -2.02. The van der Waals surface area contributed by atoms with Crippen LogP contribution in [0.25, 0.3) is 83.9 Å². The molecule has 0 spiro atoms. The van der Waals surface area contributed by atoms with Gasteiger partial charge in [-0.1, -0.05) is 127 Å². The summed E-state index contributed by atoms with van der Waals surface area (Å²) in [5.74, 6) is 1.34. The SMILES string of the molecule is N#Cc1ccc(-c2ccc3c(c2)c2ccccc2n3-c2cc(-c3nc(-c4ccccc4)nc(-c4ccccc4)n3)ccc2-c2ccccc2F)cc1. The van der Waals surface area contributed by atoms with Crippen LogP contribution in [0, 0.1) is 17.1 Å². The van der Waals surface area contributed by atoms with E-state index in [2.05, 4.69) is 47.0 Å². The predicted molar refractivity (Wildman–Crippen MR) is 206 cm³/mol. The average molecular weight is 670 g/mol. The minimum absolute atomic E-state index is 0.307. The molecule has 9 aromatic rings. The highest BCUT2D eigenvalue weighted by atomic mass is 19.1. The average Bonchev–Trinajstić information content (AvgIpc) is 3.55. The minimum atomic E-state index is -0.307. The zero-order valence-electron chi connectivity index (χ0n) is 27.8. The van der Waals surface area contributed by atoms with E-state index in [1.807, 2.05) is 121 Å². The first-order valence-corrected chi connectivity index (χ1v) is 16.9. The van der Waals surface area contributed by atoms with Crippen LogP contribution >= 0.6 is 0 Å². The number of hydrogen-bond acceptors (Lipinski definition) is 4. The Hall–Kier alpha value is -7.23. The standard InChI is InChI=1S/C46H28FN5/c47-40-17-9-7-15-36(40)38-25-23-35(46-50-44(32-11-3-1-4-12-32)49-45(51-46)33-13-5-2-6-14-33)28-43(38)52-41-18-10-8-16-37(41)39-27-34(24-26-42(39)52)31-21-19-30(29-48)20-22-31/h1-28H. The molecule has 2 heterocycles. The van der Waals surface area contributed by atoms with Crippen molar-refractivity contribution in [1.82, 2.24) is 19.5 Å². The van der Waals surface area contributed by atoms with Crippen molar-refractivity contribution in [3.05, 3.63) is 181 Å². The maximum absolute atomic E-state index is 15.7. The zero-order chi connectivity index (χ0) is 35.0. The van der Waals surface area contributed by atoms with Crippen molar-refractivity contribution in [2.24, 2.45) is 0 Å². The summed E-state index contributed by atoms with van der Waals surface area (Å²) < 4.78 is 17.9. The maximum atomic E-state index is 15.7. The van der Waals surface area contributed by atoms with E-state index in [0.717, 1.165) is 60.9 Å². The Morgan fingerprint density at radius 1 is 0.442 bits per heavy atom. The molecule has 0 aliphatic carbocycles. The Kier molecular flexibility index (Phi) is 7.64. The quantitative estimate of drug-likeness (QED) is 0.177. The lowest BCUT2D eigenvalue weighted by molar-refractivity contribution is 0.631. The van der Waals surface area contributed by atoms with Crippen molar-refractivity contribution in [1.29, 1.82) is 5.26 Å². The van der Waals surface area contributed by atoms with Crippen LogP contribution in [0.4, 0.5) is 4.39 Å². The Morgan fingerprint density at radius 2 is 1.00 bits per heavy atom. The van der Waals surface area contributed by atoms with E-state index in [4.69, 9.17) is 15.0 Å². The van der Waals surface area contributed by atoms with Gasteiger partial charge in [-0.2, -0.15) is 5.26 Å². The summed E-state index contributed by atoms with van der Waals surface area (Å²) in [6.45, 7) is 0. The highest BCUT2D eigenvalue weighted by Gasteiger charge is 2.20. The van der Waals surface area contributed by atoms with Gasteiger partial charge in [-0.05, 0) is 53.6 Å². The van der Waals surface area contributed by atoms with Gasteiger partial charge in [-0.15, -0.1) is 0 Å². The number of nitriles is 1. The summed E-state index contributed by atoms with van der Waals surface area (Å²) in [4.78, 5) is 14.9. The van der Waals surface area contributed by atoms with E-state index >= 15 is 4.39 Å². The fourth-order valence-electron chi connectivity index (χ4n) is 6.85. The van der Waals surface area contributed by atoms with Crippen molar-refractivity contribution in [3.8, 4) is 68.2 Å². The maximum Gasteiger partial charge on any atom is 0.164 e. The number of halogens is 1. The van der Waals surface area contributed by atoms with Crippen LogP contribution in [0.3, 0.4) is 0 Å². The van der Waals surface area contributed by atoms with Crippen molar-refractivity contribution in [3.63, 3.8) is 0 Å². The van der Waals surface area contributed by atoms with Gasteiger partial charge < -0.3 is 4.57 Å². The molecule has 0 amide bonds. The van der Waals surface area contributed by atoms with E-state index in [9.17, 15) is 5.26 Å². The number of benzene rings is 7. The van der Waals surface area contributed by atoms with Crippen LogP contribution in [0.5, 0.6) is 0 Å². The molecule has 0 aliphatic heterocycles. The molecule has 5 nitrogen and oxygen atoms in total. The Morgan fingerprint density at radius 3 is 1.67 bits per heavy atom. The van der Waals surface area contributed by atoms with Crippen molar-refractivity contribution in [2.75, 3.05) is 0 Å². The molecule has 0 aliphatic rings. The van der Waals surface area contributed by atoms with Gasteiger partial charge in [0.2, 0.25) is 0 Å². The topological polar surface area (TPSA) is 67.4 Å². The first-order chi connectivity index (χ1) is 25.6. The molecular formula is C46H28FN5. The van der Waals surface area contributed by atoms with Gasteiger partial charge in [-0.3, -0.25) is 0 Å². The monoisotopic (exact) mass is 669 g/mol. The lowest BCUT2D eigenvalue weighted by atomic mass is 9.99. The van der Waals surface area contributed by atoms with E-state index < -0.39 is 0 Å². The molecule has 0 radical (unpaired) electrons. The second-order valence-corrected chi connectivity index (χ2v) is 12.5. The van der Waals surface area contributed by atoms with Gasteiger partial charge in [0, 0.05) is 38.6 Å². The summed E-state index contributed by atoms with van der Waals surface area (Å²) in [5.41, 5.74) is 9.19. The number of rotatable bonds is 6. The normalized spacial score (nSPS) is 11.2. The molecule has 0 saturated carbocycles. The molecule has 2 aromatic heterocycles. The minimum Gasteiger partial charge on any atom is -0.309 e. The van der Waals surface area contributed by atoms with E-state index in [1.54, 1.807) is 6.07 Å². The van der Waals surface area contributed by atoms with Crippen LogP contribution in [0.1, 0.15) is 5.56 Å². The second-order valence-electron chi connectivity index (χ2n) is 12.5. The first-order valence-electron chi connectivity index (χ1n) is 16.9. The van der Waals surface area contributed by atoms with E-state index in [0.29, 0.717) is 28.6 Å². The van der Waals surface area contributed by atoms with Crippen molar-refractivity contribution < 1.29 is 4.39 Å². The summed E-state index contributed by atoms with van der Waals surface area (Å²) in [6, 6.07) is 57.1. The van der Waals surface area contributed by atoms with Gasteiger partial charge in [0.15, 0.2) is 17.5 Å². The third kappa shape index (κ3) is 5.47. The molecule has 7 aromatic carbocycles. The number of nitrogens with zero attached hydrogens (tertiary/aromatic N) is 5. The fourth-order valence-corrected chi connectivity index (χ4v) is 6.85. The van der Waals surface area contributed by atoms with Gasteiger partial charge in [0.05, 0.1) is 28.4 Å². The number of hydrogen-bond donors (Lipinski definition) is 0. The van der Waals surface area contributed by atoms with Crippen LogP contribution < -0.4 is 0 Å². The lowest BCUT2D eigenvalue weighted by Gasteiger charge is -2.17. The van der Waals surface area contributed by atoms with Crippen molar-refractivity contribution in [2.45, 2.75) is 0 Å². The van der Waals surface area contributed by atoms with Crippen LogP contribution in [-0.4, -0.2) is 19.5 Å². The third-order valence-corrected chi connectivity index (χ3v) is 9.38. The number of para-hydroxylation sites is 1. The fraction of sp³-hybridized carbons (Fsp3) is 0. The Balaban J connectivity index is 1.30. The third-order valence-electron chi connectivity index (χ3n) is 9.38. The van der Waals surface area contributed by atoms with Crippen LogP contribution in [0.2, 0.25) is 0 Å². The second kappa shape index (κ2) is 12.9. The first kappa shape index (κ1) is 30.8. The number of aromatic nitrogens is 4. The molecule has 0 bridgehead atoms.